The Bertz CT molecular complexity index is 998. The fourth-order valence-electron chi connectivity index (χ4n) is 2.75. The van der Waals surface area contributed by atoms with Gasteiger partial charge in [0, 0.05) is 22.4 Å². The van der Waals surface area contributed by atoms with Crippen LogP contribution in [-0.2, 0) is 17.5 Å². The molecule has 0 saturated carbocycles. The number of anilines is 1. The molecule has 0 atom stereocenters. The number of carbonyl (C=O) groups excluding carboxylic acids is 1. The Morgan fingerprint density at radius 2 is 2.03 bits per heavy atom. The third-order valence-corrected chi connectivity index (χ3v) is 5.82. The van der Waals surface area contributed by atoms with Gasteiger partial charge in [0.2, 0.25) is 5.91 Å². The van der Waals surface area contributed by atoms with Crippen LogP contribution in [0.3, 0.4) is 0 Å². The SMILES string of the molecule is CCCn1c(SCC(=O)Nc2ccccc2C(F)(F)F)nnc1-c1csc(C)c1. The number of aromatic nitrogens is 3. The number of halogens is 3. The normalized spacial score (nSPS) is 11.6. The number of carbonyl (C=O) groups is 1. The van der Waals surface area contributed by atoms with E-state index >= 15 is 0 Å². The van der Waals surface area contributed by atoms with Crippen LogP contribution in [0.2, 0.25) is 0 Å². The molecule has 3 rings (SSSR count). The number of amides is 1. The minimum Gasteiger partial charge on any atom is -0.325 e. The number of nitrogens with zero attached hydrogens (tertiary/aromatic N) is 3. The Labute approximate surface area is 174 Å². The summed E-state index contributed by atoms with van der Waals surface area (Å²) in [5, 5.41) is 13.3. The molecule has 3 aromatic rings. The molecule has 2 aromatic heterocycles. The number of hydrogen-bond acceptors (Lipinski definition) is 5. The summed E-state index contributed by atoms with van der Waals surface area (Å²) in [6.07, 6.45) is -3.68. The van der Waals surface area contributed by atoms with E-state index in [0.717, 1.165) is 40.5 Å². The van der Waals surface area contributed by atoms with Gasteiger partial charge in [-0.2, -0.15) is 13.2 Å². The van der Waals surface area contributed by atoms with Crippen LogP contribution < -0.4 is 5.32 Å². The van der Waals surface area contributed by atoms with Gasteiger partial charge >= 0.3 is 6.18 Å². The summed E-state index contributed by atoms with van der Waals surface area (Å²) in [5.41, 5.74) is -0.165. The van der Waals surface area contributed by atoms with Crippen LogP contribution in [-0.4, -0.2) is 26.4 Å². The summed E-state index contributed by atoms with van der Waals surface area (Å²) in [6, 6.07) is 6.94. The second-order valence-corrected chi connectivity index (χ2v) is 8.34. The van der Waals surface area contributed by atoms with E-state index < -0.39 is 17.6 Å². The van der Waals surface area contributed by atoms with E-state index in [2.05, 4.69) is 15.5 Å². The first-order valence-corrected chi connectivity index (χ1v) is 10.7. The van der Waals surface area contributed by atoms with Gasteiger partial charge in [0.15, 0.2) is 11.0 Å². The average molecular weight is 441 g/mol. The summed E-state index contributed by atoms with van der Waals surface area (Å²) >= 11 is 2.76. The Morgan fingerprint density at radius 1 is 1.28 bits per heavy atom. The minimum absolute atomic E-state index is 0.0727. The van der Waals surface area contributed by atoms with Crippen LogP contribution in [0.5, 0.6) is 0 Å². The number of rotatable bonds is 7. The van der Waals surface area contributed by atoms with E-state index in [1.807, 2.05) is 29.9 Å². The number of hydrogen-bond donors (Lipinski definition) is 1. The number of thioether (sulfide) groups is 1. The lowest BCUT2D eigenvalue weighted by Crippen LogP contribution is -2.18. The molecule has 10 heteroatoms. The van der Waals surface area contributed by atoms with E-state index in [9.17, 15) is 18.0 Å². The highest BCUT2D eigenvalue weighted by molar-refractivity contribution is 7.99. The van der Waals surface area contributed by atoms with Gasteiger partial charge in [-0.25, -0.2) is 0 Å². The molecule has 0 radical (unpaired) electrons. The number of nitrogens with one attached hydrogen (secondary N) is 1. The molecule has 0 unspecified atom stereocenters. The summed E-state index contributed by atoms with van der Waals surface area (Å²) in [6.45, 7) is 4.71. The summed E-state index contributed by atoms with van der Waals surface area (Å²) in [7, 11) is 0. The first-order chi connectivity index (χ1) is 13.8. The predicted molar refractivity (Wildman–Crippen MR) is 109 cm³/mol. The van der Waals surface area contributed by atoms with Crippen LogP contribution in [0.1, 0.15) is 23.8 Å². The molecule has 5 nitrogen and oxygen atoms in total. The maximum absolute atomic E-state index is 13.1. The number of aryl methyl sites for hydroxylation is 1. The lowest BCUT2D eigenvalue weighted by molar-refractivity contribution is -0.137. The zero-order chi connectivity index (χ0) is 21.0. The Morgan fingerprint density at radius 3 is 2.69 bits per heavy atom. The molecule has 0 saturated heterocycles. The first kappa shape index (κ1) is 21.4. The largest absolute Gasteiger partial charge is 0.418 e. The van der Waals surface area contributed by atoms with Crippen molar-refractivity contribution in [3.63, 3.8) is 0 Å². The van der Waals surface area contributed by atoms with Crippen molar-refractivity contribution in [2.75, 3.05) is 11.1 Å². The van der Waals surface area contributed by atoms with Crippen LogP contribution >= 0.6 is 23.1 Å². The van der Waals surface area contributed by atoms with Crippen molar-refractivity contribution < 1.29 is 18.0 Å². The number of para-hydroxylation sites is 1. The average Bonchev–Trinajstić information content (AvgIpc) is 3.26. The Balaban J connectivity index is 1.72. The van der Waals surface area contributed by atoms with Gasteiger partial charge in [0.25, 0.3) is 0 Å². The highest BCUT2D eigenvalue weighted by Crippen LogP contribution is 2.34. The molecule has 0 aliphatic carbocycles. The zero-order valence-corrected chi connectivity index (χ0v) is 17.4. The van der Waals surface area contributed by atoms with Gasteiger partial charge in [-0.15, -0.1) is 21.5 Å². The molecular weight excluding hydrogens is 421 g/mol. The van der Waals surface area contributed by atoms with Crippen molar-refractivity contribution in [2.45, 2.75) is 38.1 Å². The van der Waals surface area contributed by atoms with Crippen molar-refractivity contribution in [2.24, 2.45) is 0 Å². The molecule has 0 aliphatic heterocycles. The van der Waals surface area contributed by atoms with Crippen LogP contribution in [0.25, 0.3) is 11.4 Å². The van der Waals surface area contributed by atoms with Crippen molar-refractivity contribution >= 4 is 34.7 Å². The molecule has 1 amide bonds. The second kappa shape index (κ2) is 9.00. The highest BCUT2D eigenvalue weighted by atomic mass is 32.2. The predicted octanol–water partition coefficient (Wildman–Crippen LogP) is 5.47. The fraction of sp³-hybridized carbons (Fsp3) is 0.316. The minimum atomic E-state index is -4.54. The van der Waals surface area contributed by atoms with Crippen molar-refractivity contribution in [1.29, 1.82) is 0 Å². The number of benzene rings is 1. The molecule has 1 aromatic carbocycles. The molecule has 154 valence electrons. The smallest absolute Gasteiger partial charge is 0.325 e. The summed E-state index contributed by atoms with van der Waals surface area (Å²) in [5.74, 6) is 0.115. The maximum atomic E-state index is 13.1. The highest BCUT2D eigenvalue weighted by Gasteiger charge is 2.33. The lowest BCUT2D eigenvalue weighted by Gasteiger charge is -2.13. The molecule has 0 aliphatic rings. The van der Waals surface area contributed by atoms with E-state index in [1.165, 1.54) is 18.2 Å². The van der Waals surface area contributed by atoms with E-state index in [-0.39, 0.29) is 11.4 Å². The maximum Gasteiger partial charge on any atom is 0.418 e. The standard InChI is InChI=1S/C19H19F3N4OS2/c1-3-8-26-17(13-9-12(2)28-10-13)24-25-18(26)29-11-16(27)23-15-7-5-4-6-14(15)19(20,21)22/h4-7,9-10H,3,8,11H2,1-2H3,(H,23,27). The van der Waals surface area contributed by atoms with Gasteiger partial charge in [-0.05, 0) is 31.5 Å². The van der Waals surface area contributed by atoms with E-state index in [0.29, 0.717) is 11.7 Å². The van der Waals surface area contributed by atoms with Gasteiger partial charge in [-0.1, -0.05) is 30.8 Å². The zero-order valence-electron chi connectivity index (χ0n) is 15.8. The molecule has 0 fully saturated rings. The van der Waals surface area contributed by atoms with Gasteiger partial charge in [0.1, 0.15) is 0 Å². The number of alkyl halides is 3. The van der Waals surface area contributed by atoms with Crippen molar-refractivity contribution in [3.05, 3.63) is 46.2 Å². The molecule has 0 spiro atoms. The first-order valence-electron chi connectivity index (χ1n) is 8.87. The van der Waals surface area contributed by atoms with Gasteiger partial charge in [0.05, 0.1) is 17.0 Å². The Kier molecular flexibility index (Phi) is 6.63. The van der Waals surface area contributed by atoms with Gasteiger partial charge in [-0.3, -0.25) is 4.79 Å². The van der Waals surface area contributed by atoms with Crippen LogP contribution in [0.15, 0.2) is 40.9 Å². The quantitative estimate of drug-likeness (QED) is 0.495. The molecule has 29 heavy (non-hydrogen) atoms. The van der Waals surface area contributed by atoms with Crippen molar-refractivity contribution in [3.8, 4) is 11.4 Å². The molecule has 0 bridgehead atoms. The Hall–Kier alpha value is -2.33. The van der Waals surface area contributed by atoms with Crippen LogP contribution in [0, 0.1) is 6.92 Å². The van der Waals surface area contributed by atoms with Gasteiger partial charge < -0.3 is 9.88 Å². The second-order valence-electron chi connectivity index (χ2n) is 6.28. The van der Waals surface area contributed by atoms with E-state index in [4.69, 9.17) is 0 Å². The molecule has 2 heterocycles. The lowest BCUT2D eigenvalue weighted by atomic mass is 10.1. The number of thiophene rings is 1. The fourth-order valence-corrected chi connectivity index (χ4v) is 4.20. The summed E-state index contributed by atoms with van der Waals surface area (Å²) < 4.78 is 41.2. The van der Waals surface area contributed by atoms with Crippen LogP contribution in [0.4, 0.5) is 18.9 Å². The third kappa shape index (κ3) is 5.18. The molecular formula is C19H19F3N4OS2. The topological polar surface area (TPSA) is 59.8 Å². The third-order valence-electron chi connectivity index (χ3n) is 3.99. The van der Waals surface area contributed by atoms with E-state index in [1.54, 1.807) is 11.3 Å². The monoisotopic (exact) mass is 440 g/mol. The van der Waals surface area contributed by atoms with Crippen molar-refractivity contribution in [1.82, 2.24) is 14.8 Å². The molecule has 1 N–H and O–H groups in total. The summed E-state index contributed by atoms with van der Waals surface area (Å²) in [4.78, 5) is 13.4.